The smallest absolute Gasteiger partial charge is 0.0840 e. The van der Waals surface area contributed by atoms with Gasteiger partial charge in [0.05, 0.1) is 18.8 Å². The predicted molar refractivity (Wildman–Crippen MR) is 116 cm³/mol. The van der Waals surface area contributed by atoms with Crippen LogP contribution in [0.2, 0.25) is 5.02 Å². The lowest BCUT2D eigenvalue weighted by Crippen LogP contribution is -2.31. The van der Waals surface area contributed by atoms with Crippen LogP contribution in [0.15, 0.2) is 42.1 Å². The summed E-state index contributed by atoms with van der Waals surface area (Å²) in [6, 6.07) is 10.5. The lowest BCUT2D eigenvalue weighted by atomic mass is 9.88. The second-order valence-electron chi connectivity index (χ2n) is 7.36. The Balaban J connectivity index is 1.60. The number of nitrogens with one attached hydrogen (secondary N) is 1. The normalized spacial score (nSPS) is 16.5. The van der Waals surface area contributed by atoms with Crippen molar-refractivity contribution in [3.05, 3.63) is 69.5 Å². The van der Waals surface area contributed by atoms with Crippen molar-refractivity contribution in [2.75, 3.05) is 26.2 Å². The molecule has 0 spiro atoms. The molecule has 2 aromatic rings. The van der Waals surface area contributed by atoms with Gasteiger partial charge in [-0.25, -0.2) is 4.94 Å². The van der Waals surface area contributed by atoms with Gasteiger partial charge in [0.15, 0.2) is 0 Å². The van der Waals surface area contributed by atoms with Gasteiger partial charge in [-0.15, -0.1) is 0 Å². The minimum atomic E-state index is 0.432. The highest BCUT2D eigenvalue weighted by Crippen LogP contribution is 2.38. The van der Waals surface area contributed by atoms with Crippen LogP contribution < -0.4 is 11.4 Å². The van der Waals surface area contributed by atoms with Crippen LogP contribution in [0, 0.1) is 11.8 Å². The number of likely N-dealkylation sites (tertiary alicyclic amines) is 1. The summed E-state index contributed by atoms with van der Waals surface area (Å²) in [5, 5.41) is 0.801. The number of nitrogens with zero attached hydrogens (tertiary/aromatic N) is 2. The summed E-state index contributed by atoms with van der Waals surface area (Å²) < 4.78 is 0. The van der Waals surface area contributed by atoms with Gasteiger partial charge in [-0.05, 0) is 60.6 Å². The van der Waals surface area contributed by atoms with Gasteiger partial charge in [-0.1, -0.05) is 41.1 Å². The molecule has 1 saturated heterocycles. The van der Waals surface area contributed by atoms with Crippen molar-refractivity contribution < 1.29 is 4.94 Å². The van der Waals surface area contributed by atoms with Gasteiger partial charge in [0.25, 0.3) is 0 Å². The molecule has 0 unspecified atom stereocenters. The van der Waals surface area contributed by atoms with E-state index in [9.17, 15) is 0 Å². The molecule has 29 heavy (non-hydrogen) atoms. The molecule has 0 amide bonds. The fourth-order valence-electron chi connectivity index (χ4n) is 4.17. The number of aromatic nitrogens is 1. The number of pyridine rings is 1. The van der Waals surface area contributed by atoms with Crippen molar-refractivity contribution in [1.29, 1.82) is 0 Å². The molecule has 1 fully saturated rings. The average Bonchev–Trinajstić information content (AvgIpc) is 2.91. The number of benzene rings is 1. The van der Waals surface area contributed by atoms with E-state index in [1.807, 2.05) is 18.3 Å². The first-order valence-electron chi connectivity index (χ1n) is 9.98. The van der Waals surface area contributed by atoms with E-state index < -0.39 is 0 Å². The van der Waals surface area contributed by atoms with Gasteiger partial charge >= 0.3 is 0 Å². The Morgan fingerprint density at radius 2 is 1.93 bits per heavy atom. The summed E-state index contributed by atoms with van der Waals surface area (Å²) in [6.45, 7) is 3.19. The molecule has 0 saturated carbocycles. The third-order valence-corrected chi connectivity index (χ3v) is 5.85. The van der Waals surface area contributed by atoms with Crippen molar-refractivity contribution >= 4 is 17.2 Å². The summed E-state index contributed by atoms with van der Waals surface area (Å²) in [7, 11) is 0. The highest BCUT2D eigenvalue weighted by molar-refractivity contribution is 6.30. The molecule has 0 atom stereocenters. The Bertz CT molecular complexity index is 966. The Hall–Kier alpha value is -2.20. The third kappa shape index (κ3) is 4.69. The van der Waals surface area contributed by atoms with Gasteiger partial charge in [0, 0.05) is 29.9 Å². The van der Waals surface area contributed by atoms with E-state index in [1.54, 1.807) is 0 Å². The SMILES string of the molecule is NONCC#CCN1CCC(=C2c3ccc(Cl)cc3CCc3cccnc32)CC1. The van der Waals surface area contributed by atoms with E-state index in [1.165, 1.54) is 27.8 Å². The van der Waals surface area contributed by atoms with E-state index in [0.717, 1.165) is 56.0 Å². The van der Waals surface area contributed by atoms with Crippen LogP contribution in [0.3, 0.4) is 0 Å². The largest absolute Gasteiger partial charge is 0.292 e. The summed E-state index contributed by atoms with van der Waals surface area (Å²) in [6.07, 6.45) is 5.95. The quantitative estimate of drug-likeness (QED) is 0.464. The lowest BCUT2D eigenvalue weighted by molar-refractivity contribution is 0.0498. The van der Waals surface area contributed by atoms with Crippen LogP contribution in [-0.4, -0.2) is 36.1 Å². The Morgan fingerprint density at radius 3 is 2.76 bits per heavy atom. The number of rotatable bonds is 3. The summed E-state index contributed by atoms with van der Waals surface area (Å²) in [4.78, 5) is 11.5. The van der Waals surface area contributed by atoms with Crippen LogP contribution in [0.4, 0.5) is 0 Å². The summed E-state index contributed by atoms with van der Waals surface area (Å²) in [5.41, 5.74) is 10.4. The van der Waals surface area contributed by atoms with Crippen LogP contribution in [0.1, 0.15) is 35.2 Å². The molecule has 3 N–H and O–H groups in total. The zero-order valence-corrected chi connectivity index (χ0v) is 17.1. The second kappa shape index (κ2) is 9.53. The molecule has 1 aromatic carbocycles. The molecule has 1 aliphatic heterocycles. The summed E-state index contributed by atoms with van der Waals surface area (Å²) in [5.74, 6) is 11.1. The van der Waals surface area contributed by atoms with E-state index in [0.29, 0.717) is 6.54 Å². The first-order valence-corrected chi connectivity index (χ1v) is 10.4. The van der Waals surface area contributed by atoms with Gasteiger partial charge < -0.3 is 0 Å². The third-order valence-electron chi connectivity index (χ3n) is 5.61. The van der Waals surface area contributed by atoms with Crippen LogP contribution in [0.25, 0.3) is 5.57 Å². The van der Waals surface area contributed by atoms with Crippen molar-refractivity contribution in [1.82, 2.24) is 15.4 Å². The zero-order valence-electron chi connectivity index (χ0n) is 16.4. The van der Waals surface area contributed by atoms with Crippen molar-refractivity contribution in [3.63, 3.8) is 0 Å². The number of hydrogen-bond acceptors (Lipinski definition) is 5. The fourth-order valence-corrected chi connectivity index (χ4v) is 4.37. The standard InChI is InChI=1S/C23H25ClN4O/c24-20-7-8-21-19(16-20)6-5-18-4-3-11-26-23(18)22(21)17-9-14-28(15-10-17)13-2-1-12-27-29-25/h3-4,7-8,11,16,27H,5-6,9-10,12-15,25H2. The van der Waals surface area contributed by atoms with Crippen molar-refractivity contribution in [2.24, 2.45) is 5.90 Å². The molecular formula is C23H25ClN4O. The highest BCUT2D eigenvalue weighted by Gasteiger charge is 2.24. The van der Waals surface area contributed by atoms with E-state index in [2.05, 4.69) is 45.4 Å². The molecule has 1 aliphatic carbocycles. The van der Waals surface area contributed by atoms with E-state index in [4.69, 9.17) is 22.5 Å². The molecule has 2 aliphatic rings. The van der Waals surface area contributed by atoms with E-state index >= 15 is 0 Å². The van der Waals surface area contributed by atoms with Crippen molar-refractivity contribution in [2.45, 2.75) is 25.7 Å². The number of hydrogen-bond donors (Lipinski definition) is 2. The zero-order chi connectivity index (χ0) is 20.1. The number of hydroxylamine groups is 1. The monoisotopic (exact) mass is 408 g/mol. The Labute approximate surface area is 176 Å². The summed E-state index contributed by atoms with van der Waals surface area (Å²) >= 11 is 6.30. The molecule has 4 rings (SSSR count). The van der Waals surface area contributed by atoms with Gasteiger partial charge in [-0.2, -0.15) is 11.4 Å². The highest BCUT2D eigenvalue weighted by atomic mass is 35.5. The van der Waals surface area contributed by atoms with Gasteiger partial charge in [0.1, 0.15) is 0 Å². The molecular weight excluding hydrogens is 384 g/mol. The maximum absolute atomic E-state index is 6.30. The molecule has 0 bridgehead atoms. The first-order chi connectivity index (χ1) is 14.3. The molecule has 150 valence electrons. The maximum atomic E-state index is 6.30. The fraction of sp³-hybridized carbons (Fsp3) is 0.348. The van der Waals surface area contributed by atoms with Gasteiger partial charge in [0.2, 0.25) is 0 Å². The number of piperidine rings is 1. The average molecular weight is 409 g/mol. The topological polar surface area (TPSA) is 63.4 Å². The molecule has 0 radical (unpaired) electrons. The van der Waals surface area contributed by atoms with Gasteiger partial charge in [-0.3, -0.25) is 9.88 Å². The van der Waals surface area contributed by atoms with Crippen LogP contribution in [-0.2, 0) is 17.8 Å². The second-order valence-corrected chi connectivity index (χ2v) is 7.80. The number of fused-ring (bicyclic) bond motifs is 2. The number of halogens is 1. The Kier molecular flexibility index (Phi) is 6.60. The number of aryl methyl sites for hydroxylation is 2. The first kappa shape index (κ1) is 20.1. The molecule has 2 heterocycles. The molecule has 1 aromatic heterocycles. The predicted octanol–water partition coefficient (Wildman–Crippen LogP) is 3.13. The van der Waals surface area contributed by atoms with Crippen LogP contribution in [0.5, 0.6) is 0 Å². The minimum absolute atomic E-state index is 0.432. The van der Waals surface area contributed by atoms with Crippen LogP contribution >= 0.6 is 11.6 Å². The lowest BCUT2D eigenvalue weighted by Gasteiger charge is -2.29. The molecule has 6 heteroatoms. The minimum Gasteiger partial charge on any atom is -0.292 e. The maximum Gasteiger partial charge on any atom is 0.0840 e. The Morgan fingerprint density at radius 1 is 1.10 bits per heavy atom. The van der Waals surface area contributed by atoms with Crippen molar-refractivity contribution in [3.8, 4) is 11.8 Å². The number of nitrogens with two attached hydrogens (primary N) is 1. The van der Waals surface area contributed by atoms with E-state index in [-0.39, 0.29) is 0 Å². The molecule has 5 nitrogen and oxygen atoms in total.